The second-order valence-corrected chi connectivity index (χ2v) is 5.87. The number of aliphatic hydroxyl groups is 1. The highest BCUT2D eigenvalue weighted by Crippen LogP contribution is 2.28. The van der Waals surface area contributed by atoms with Crippen LogP contribution in [0.3, 0.4) is 0 Å². The SMILES string of the molecule is CC(C)(C)c1ccc(C(O)C2=CCCCO2)cc1. The zero-order chi connectivity index (χ0) is 13.2. The molecule has 1 aromatic carbocycles. The Morgan fingerprint density at radius 2 is 1.83 bits per heavy atom. The quantitative estimate of drug-likeness (QED) is 0.862. The Labute approximate surface area is 109 Å². The molecule has 0 aromatic heterocycles. The van der Waals surface area contributed by atoms with Crippen molar-refractivity contribution < 1.29 is 9.84 Å². The van der Waals surface area contributed by atoms with Crippen molar-refractivity contribution in [2.24, 2.45) is 0 Å². The molecule has 0 radical (unpaired) electrons. The first-order chi connectivity index (χ1) is 8.48. The van der Waals surface area contributed by atoms with E-state index in [-0.39, 0.29) is 5.41 Å². The molecule has 0 saturated carbocycles. The lowest BCUT2D eigenvalue weighted by atomic mass is 9.86. The van der Waals surface area contributed by atoms with Gasteiger partial charge >= 0.3 is 0 Å². The van der Waals surface area contributed by atoms with Gasteiger partial charge in [-0.1, -0.05) is 45.0 Å². The molecule has 18 heavy (non-hydrogen) atoms. The van der Waals surface area contributed by atoms with Crippen molar-refractivity contribution in [1.82, 2.24) is 0 Å². The number of ether oxygens (including phenoxy) is 1. The Balaban J connectivity index is 2.16. The summed E-state index contributed by atoms with van der Waals surface area (Å²) in [4.78, 5) is 0. The lowest BCUT2D eigenvalue weighted by Gasteiger charge is -2.22. The molecule has 1 N–H and O–H groups in total. The van der Waals surface area contributed by atoms with Crippen molar-refractivity contribution in [3.05, 3.63) is 47.2 Å². The van der Waals surface area contributed by atoms with Gasteiger partial charge < -0.3 is 9.84 Å². The maximum atomic E-state index is 10.2. The van der Waals surface area contributed by atoms with Crippen LogP contribution < -0.4 is 0 Å². The van der Waals surface area contributed by atoms with Crippen LogP contribution in [0.25, 0.3) is 0 Å². The van der Waals surface area contributed by atoms with Crippen LogP contribution in [0.2, 0.25) is 0 Å². The number of rotatable bonds is 2. The molecule has 1 aliphatic heterocycles. The van der Waals surface area contributed by atoms with Crippen LogP contribution in [0.15, 0.2) is 36.1 Å². The average molecular weight is 246 g/mol. The zero-order valence-electron chi connectivity index (χ0n) is 11.4. The zero-order valence-corrected chi connectivity index (χ0v) is 11.4. The Hall–Kier alpha value is -1.28. The monoisotopic (exact) mass is 246 g/mol. The predicted octanol–water partition coefficient (Wildman–Crippen LogP) is 3.71. The van der Waals surface area contributed by atoms with Gasteiger partial charge in [-0.3, -0.25) is 0 Å². The van der Waals surface area contributed by atoms with Crippen molar-refractivity contribution in [3.8, 4) is 0 Å². The number of hydrogen-bond donors (Lipinski definition) is 1. The first-order valence-electron chi connectivity index (χ1n) is 6.60. The minimum atomic E-state index is -0.626. The van der Waals surface area contributed by atoms with E-state index in [0.29, 0.717) is 12.4 Å². The fourth-order valence-corrected chi connectivity index (χ4v) is 2.10. The average Bonchev–Trinajstić information content (AvgIpc) is 2.38. The first-order valence-corrected chi connectivity index (χ1v) is 6.60. The summed E-state index contributed by atoms with van der Waals surface area (Å²) in [5, 5.41) is 10.2. The van der Waals surface area contributed by atoms with Crippen molar-refractivity contribution in [2.45, 2.75) is 45.1 Å². The van der Waals surface area contributed by atoms with Crippen molar-refractivity contribution in [3.63, 3.8) is 0 Å². The van der Waals surface area contributed by atoms with E-state index in [0.717, 1.165) is 18.4 Å². The minimum absolute atomic E-state index is 0.143. The molecule has 98 valence electrons. The molecule has 0 saturated heterocycles. The largest absolute Gasteiger partial charge is 0.495 e. The summed E-state index contributed by atoms with van der Waals surface area (Å²) in [5.41, 5.74) is 2.32. The fraction of sp³-hybridized carbons (Fsp3) is 0.500. The van der Waals surface area contributed by atoms with Crippen LogP contribution in [-0.2, 0) is 10.2 Å². The van der Waals surface area contributed by atoms with E-state index < -0.39 is 6.10 Å². The van der Waals surface area contributed by atoms with E-state index in [1.807, 2.05) is 18.2 Å². The normalized spacial score (nSPS) is 17.9. The summed E-state index contributed by atoms with van der Waals surface area (Å²) in [6.07, 6.45) is 3.40. The summed E-state index contributed by atoms with van der Waals surface area (Å²) in [5.74, 6) is 0.699. The Kier molecular flexibility index (Phi) is 3.76. The molecule has 1 aliphatic rings. The van der Waals surface area contributed by atoms with Gasteiger partial charge in [0.05, 0.1) is 6.61 Å². The highest BCUT2D eigenvalue weighted by Gasteiger charge is 2.18. The van der Waals surface area contributed by atoms with Gasteiger partial charge in [-0.05, 0) is 35.5 Å². The molecule has 0 fully saturated rings. The van der Waals surface area contributed by atoms with Gasteiger partial charge in [0.2, 0.25) is 0 Å². The molecule has 1 heterocycles. The van der Waals surface area contributed by atoms with E-state index in [2.05, 4.69) is 32.9 Å². The molecule has 0 amide bonds. The molecule has 0 aliphatic carbocycles. The highest BCUT2D eigenvalue weighted by atomic mass is 16.5. The molecule has 1 aromatic rings. The summed E-state index contributed by atoms with van der Waals surface area (Å²) in [7, 11) is 0. The lowest BCUT2D eigenvalue weighted by molar-refractivity contribution is 0.0918. The third-order valence-corrected chi connectivity index (χ3v) is 3.32. The van der Waals surface area contributed by atoms with Crippen molar-refractivity contribution in [1.29, 1.82) is 0 Å². The Morgan fingerprint density at radius 1 is 1.17 bits per heavy atom. The number of aliphatic hydroxyl groups excluding tert-OH is 1. The molecule has 2 heteroatoms. The summed E-state index contributed by atoms with van der Waals surface area (Å²) < 4.78 is 5.50. The van der Waals surface area contributed by atoms with Gasteiger partial charge in [-0.15, -0.1) is 0 Å². The third kappa shape index (κ3) is 2.94. The second-order valence-electron chi connectivity index (χ2n) is 5.87. The summed E-state index contributed by atoms with van der Waals surface area (Å²) in [6, 6.07) is 8.15. The number of benzene rings is 1. The second kappa shape index (κ2) is 5.15. The van der Waals surface area contributed by atoms with Crippen LogP contribution in [0.1, 0.15) is 50.8 Å². The predicted molar refractivity (Wildman–Crippen MR) is 73.4 cm³/mol. The van der Waals surface area contributed by atoms with Gasteiger partial charge in [0, 0.05) is 0 Å². The van der Waals surface area contributed by atoms with E-state index in [1.165, 1.54) is 5.56 Å². The number of allylic oxidation sites excluding steroid dienone is 1. The summed E-state index contributed by atoms with van der Waals surface area (Å²) in [6.45, 7) is 7.27. The van der Waals surface area contributed by atoms with Gasteiger partial charge in [0.25, 0.3) is 0 Å². The Bertz CT molecular complexity index is 423. The van der Waals surface area contributed by atoms with Crippen LogP contribution in [0, 0.1) is 0 Å². The highest BCUT2D eigenvalue weighted by molar-refractivity contribution is 5.31. The Morgan fingerprint density at radius 3 is 2.33 bits per heavy atom. The van der Waals surface area contributed by atoms with Crippen LogP contribution in [0.4, 0.5) is 0 Å². The molecule has 2 rings (SSSR count). The van der Waals surface area contributed by atoms with Crippen molar-refractivity contribution >= 4 is 0 Å². The number of hydrogen-bond acceptors (Lipinski definition) is 2. The van der Waals surface area contributed by atoms with E-state index in [4.69, 9.17) is 4.74 Å². The van der Waals surface area contributed by atoms with Gasteiger partial charge in [0.15, 0.2) is 0 Å². The molecule has 0 spiro atoms. The van der Waals surface area contributed by atoms with Gasteiger partial charge in [-0.25, -0.2) is 0 Å². The molecular weight excluding hydrogens is 224 g/mol. The summed E-state index contributed by atoms with van der Waals surface area (Å²) >= 11 is 0. The van der Waals surface area contributed by atoms with E-state index in [1.54, 1.807) is 0 Å². The van der Waals surface area contributed by atoms with Crippen molar-refractivity contribution in [2.75, 3.05) is 6.61 Å². The topological polar surface area (TPSA) is 29.5 Å². The van der Waals surface area contributed by atoms with E-state index in [9.17, 15) is 5.11 Å². The van der Waals surface area contributed by atoms with Crippen LogP contribution in [0.5, 0.6) is 0 Å². The van der Waals surface area contributed by atoms with Gasteiger partial charge in [0.1, 0.15) is 11.9 Å². The van der Waals surface area contributed by atoms with Gasteiger partial charge in [-0.2, -0.15) is 0 Å². The minimum Gasteiger partial charge on any atom is -0.495 e. The van der Waals surface area contributed by atoms with E-state index >= 15 is 0 Å². The molecule has 2 nitrogen and oxygen atoms in total. The lowest BCUT2D eigenvalue weighted by Crippen LogP contribution is -2.12. The standard InChI is InChI=1S/C16H22O2/c1-16(2,3)13-9-7-12(8-10-13)15(17)14-6-4-5-11-18-14/h6-10,15,17H,4-5,11H2,1-3H3. The molecular formula is C16H22O2. The smallest absolute Gasteiger partial charge is 0.136 e. The maximum absolute atomic E-state index is 10.2. The fourth-order valence-electron chi connectivity index (χ4n) is 2.10. The first kappa shape index (κ1) is 13.2. The molecule has 1 unspecified atom stereocenters. The molecule has 0 bridgehead atoms. The third-order valence-electron chi connectivity index (χ3n) is 3.32. The molecule has 1 atom stereocenters. The van der Waals surface area contributed by atoms with Crippen LogP contribution >= 0.6 is 0 Å². The van der Waals surface area contributed by atoms with Crippen LogP contribution in [-0.4, -0.2) is 11.7 Å². The maximum Gasteiger partial charge on any atom is 0.136 e.